The monoisotopic (exact) mass is 433 g/mol. The van der Waals surface area contributed by atoms with Crippen molar-refractivity contribution in [3.63, 3.8) is 0 Å². The van der Waals surface area contributed by atoms with E-state index in [1.54, 1.807) is 17.0 Å². The molecule has 0 aliphatic carbocycles. The molecule has 3 N–H and O–H groups in total. The molecule has 0 aromatic heterocycles. The van der Waals surface area contributed by atoms with E-state index >= 15 is 0 Å². The van der Waals surface area contributed by atoms with E-state index in [-0.39, 0.29) is 23.9 Å². The third kappa shape index (κ3) is 3.90. The summed E-state index contributed by atoms with van der Waals surface area (Å²) in [4.78, 5) is 37.0. The van der Waals surface area contributed by atoms with Gasteiger partial charge in [0.25, 0.3) is 5.91 Å². The van der Waals surface area contributed by atoms with Gasteiger partial charge in [-0.3, -0.25) is 14.4 Å². The quantitative estimate of drug-likeness (QED) is 0.593. The number of anilines is 1. The third-order valence-corrected chi connectivity index (χ3v) is 5.66. The summed E-state index contributed by atoms with van der Waals surface area (Å²) in [6, 6.07) is 15.2. The molecule has 7 heteroatoms. The second-order valence-corrected chi connectivity index (χ2v) is 7.94. The van der Waals surface area contributed by atoms with Crippen molar-refractivity contribution in [2.75, 3.05) is 11.9 Å². The van der Waals surface area contributed by atoms with E-state index in [1.165, 1.54) is 6.92 Å². The Morgan fingerprint density at radius 1 is 1.13 bits per heavy atom. The van der Waals surface area contributed by atoms with E-state index in [0.717, 1.165) is 27.5 Å². The van der Waals surface area contributed by atoms with Crippen molar-refractivity contribution in [1.82, 2.24) is 4.90 Å². The van der Waals surface area contributed by atoms with Crippen LogP contribution in [0.5, 0.6) is 0 Å². The number of halogens is 1. The molecule has 0 unspecified atom stereocenters. The molecule has 3 aromatic rings. The van der Waals surface area contributed by atoms with E-state index in [1.807, 2.05) is 36.4 Å². The predicted molar refractivity (Wildman–Crippen MR) is 122 cm³/mol. The van der Waals surface area contributed by atoms with Gasteiger partial charge in [-0.15, -0.1) is 0 Å². The zero-order valence-electron chi connectivity index (χ0n) is 16.9. The van der Waals surface area contributed by atoms with Crippen LogP contribution in [0, 0.1) is 0 Å². The molecule has 1 heterocycles. The summed E-state index contributed by atoms with van der Waals surface area (Å²) >= 11 is 6.34. The second-order valence-electron chi connectivity index (χ2n) is 7.53. The Morgan fingerprint density at radius 3 is 2.48 bits per heavy atom. The van der Waals surface area contributed by atoms with Crippen molar-refractivity contribution < 1.29 is 14.4 Å². The first-order valence-corrected chi connectivity index (χ1v) is 10.0. The Labute approximate surface area is 184 Å². The molecule has 0 saturated carbocycles. The molecule has 0 radical (unpaired) electrons. The summed E-state index contributed by atoms with van der Waals surface area (Å²) in [5.41, 5.74) is 9.37. The molecular weight excluding hydrogens is 414 g/mol. The fraction of sp³-hybridized carbons (Fsp3) is 0.125. The first kappa shape index (κ1) is 20.6. The highest BCUT2D eigenvalue weighted by atomic mass is 35.5. The first-order valence-electron chi connectivity index (χ1n) is 9.64. The lowest BCUT2D eigenvalue weighted by Crippen LogP contribution is -2.30. The molecule has 3 aromatic carbocycles. The Kier molecular flexibility index (Phi) is 5.25. The lowest BCUT2D eigenvalue weighted by molar-refractivity contribution is -0.115. The zero-order chi connectivity index (χ0) is 22.3. The fourth-order valence-electron chi connectivity index (χ4n) is 3.79. The van der Waals surface area contributed by atoms with Gasteiger partial charge in [-0.2, -0.15) is 0 Å². The molecule has 31 heavy (non-hydrogen) atoms. The predicted octanol–water partition coefficient (Wildman–Crippen LogP) is 4.12. The van der Waals surface area contributed by atoms with E-state index in [4.69, 9.17) is 17.3 Å². The van der Waals surface area contributed by atoms with Crippen LogP contribution in [-0.2, 0) is 16.1 Å². The summed E-state index contributed by atoms with van der Waals surface area (Å²) in [5.74, 6) is -0.952. The van der Waals surface area contributed by atoms with E-state index in [2.05, 4.69) is 11.9 Å². The average Bonchev–Trinajstić information content (AvgIpc) is 3.04. The largest absolute Gasteiger partial charge is 0.366 e. The topological polar surface area (TPSA) is 92.5 Å². The van der Waals surface area contributed by atoms with E-state index in [9.17, 15) is 14.4 Å². The summed E-state index contributed by atoms with van der Waals surface area (Å²) in [6.07, 6.45) is 0. The average molecular weight is 434 g/mol. The molecule has 6 nitrogen and oxygen atoms in total. The smallest absolute Gasteiger partial charge is 0.254 e. The van der Waals surface area contributed by atoms with Crippen molar-refractivity contribution in [1.29, 1.82) is 0 Å². The number of nitrogens with one attached hydrogen (secondary N) is 1. The van der Waals surface area contributed by atoms with Crippen LogP contribution in [0.25, 0.3) is 21.9 Å². The number of amides is 3. The van der Waals surface area contributed by atoms with Gasteiger partial charge in [0.1, 0.15) is 0 Å². The minimum atomic E-state index is -0.615. The number of nitrogens with two attached hydrogens (primary N) is 1. The maximum absolute atomic E-state index is 12.8. The number of carbonyl (C=O) groups excluding carboxylic acids is 3. The maximum atomic E-state index is 12.8. The van der Waals surface area contributed by atoms with Gasteiger partial charge in [0.05, 0.1) is 17.3 Å². The van der Waals surface area contributed by atoms with Crippen molar-refractivity contribution in [2.24, 2.45) is 5.73 Å². The van der Waals surface area contributed by atoms with Crippen LogP contribution in [-0.4, -0.2) is 29.2 Å². The first-order chi connectivity index (χ1) is 14.7. The summed E-state index contributed by atoms with van der Waals surface area (Å²) < 4.78 is 0. The van der Waals surface area contributed by atoms with E-state index in [0.29, 0.717) is 22.8 Å². The normalized spacial score (nSPS) is 12.7. The van der Waals surface area contributed by atoms with E-state index < -0.39 is 5.91 Å². The van der Waals surface area contributed by atoms with Gasteiger partial charge in [0, 0.05) is 24.6 Å². The number of rotatable bonds is 5. The lowest BCUT2D eigenvalue weighted by Gasteiger charge is -2.15. The molecule has 0 atom stereocenters. The molecule has 1 aliphatic rings. The molecule has 3 amide bonds. The number of carbonyl (C=O) groups is 3. The van der Waals surface area contributed by atoms with Crippen LogP contribution in [0.1, 0.15) is 22.8 Å². The minimum absolute atomic E-state index is 0.101. The van der Waals surface area contributed by atoms with Crippen molar-refractivity contribution in [2.45, 2.75) is 13.5 Å². The van der Waals surface area contributed by atoms with Gasteiger partial charge in [-0.1, -0.05) is 42.4 Å². The van der Waals surface area contributed by atoms with Gasteiger partial charge in [0.15, 0.2) is 0 Å². The fourth-order valence-corrected chi connectivity index (χ4v) is 4.01. The molecule has 0 fully saturated rings. The second kappa shape index (κ2) is 7.89. The Hall–Kier alpha value is -3.64. The molecule has 0 bridgehead atoms. The highest BCUT2D eigenvalue weighted by Gasteiger charge is 2.29. The molecule has 156 valence electrons. The number of nitrogens with zero attached hydrogens (tertiary/aromatic N) is 1. The Morgan fingerprint density at radius 2 is 1.81 bits per heavy atom. The van der Waals surface area contributed by atoms with Crippen LogP contribution in [0.2, 0.25) is 5.02 Å². The van der Waals surface area contributed by atoms with Crippen molar-refractivity contribution in [3.05, 3.63) is 76.8 Å². The molecule has 0 spiro atoms. The van der Waals surface area contributed by atoms with Crippen LogP contribution in [0.15, 0.2) is 60.7 Å². The van der Waals surface area contributed by atoms with Crippen molar-refractivity contribution in [3.8, 4) is 11.1 Å². The van der Waals surface area contributed by atoms with Crippen LogP contribution in [0.3, 0.4) is 0 Å². The highest BCUT2D eigenvalue weighted by Crippen LogP contribution is 2.35. The summed E-state index contributed by atoms with van der Waals surface area (Å²) in [5, 5.41) is 5.10. The number of fused-ring (bicyclic) bond motifs is 3. The summed E-state index contributed by atoms with van der Waals surface area (Å²) in [6.45, 7) is 5.57. The van der Waals surface area contributed by atoms with Crippen LogP contribution < -0.4 is 11.1 Å². The lowest BCUT2D eigenvalue weighted by atomic mass is 9.96. The van der Waals surface area contributed by atoms with Crippen LogP contribution in [0.4, 0.5) is 5.69 Å². The standard InChI is InChI=1S/C24H20ClN3O3/c1-13(23(26)30)11-28-12-20-18(24(28)31)7-5-15-3-4-16(9-19(15)20)17-6-8-22(21(25)10-17)27-14(2)29/h3-10H,1,11-12H2,2H3,(H2,26,30)(H,27,29). The number of primary amides is 1. The van der Waals surface area contributed by atoms with Gasteiger partial charge in [0.2, 0.25) is 11.8 Å². The summed E-state index contributed by atoms with van der Waals surface area (Å²) in [7, 11) is 0. The van der Waals surface area contributed by atoms with Gasteiger partial charge in [-0.05, 0) is 51.7 Å². The van der Waals surface area contributed by atoms with Gasteiger partial charge >= 0.3 is 0 Å². The Bertz CT molecular complexity index is 1280. The molecule has 1 aliphatic heterocycles. The third-order valence-electron chi connectivity index (χ3n) is 5.34. The minimum Gasteiger partial charge on any atom is -0.366 e. The Balaban J connectivity index is 1.72. The van der Waals surface area contributed by atoms with Gasteiger partial charge < -0.3 is 16.0 Å². The highest BCUT2D eigenvalue weighted by molar-refractivity contribution is 6.34. The molecular formula is C24H20ClN3O3. The molecule has 4 rings (SSSR count). The van der Waals surface area contributed by atoms with Crippen molar-refractivity contribution >= 4 is 45.8 Å². The van der Waals surface area contributed by atoms with Gasteiger partial charge in [-0.25, -0.2) is 0 Å². The number of hydrogen-bond acceptors (Lipinski definition) is 3. The SMILES string of the molecule is C=C(CN1Cc2c(ccc3ccc(-c4ccc(NC(C)=O)c(Cl)c4)cc23)C1=O)C(N)=O. The molecule has 0 saturated heterocycles. The zero-order valence-corrected chi connectivity index (χ0v) is 17.6. The maximum Gasteiger partial charge on any atom is 0.254 e. The number of hydrogen-bond donors (Lipinski definition) is 2. The number of benzene rings is 3. The van der Waals surface area contributed by atoms with Crippen LogP contribution >= 0.6 is 11.6 Å².